The molecule has 0 aromatic carbocycles. The van der Waals surface area contributed by atoms with Crippen LogP contribution in [0, 0.1) is 22.7 Å². The lowest BCUT2D eigenvalue weighted by atomic mass is 9.84. The lowest BCUT2D eigenvalue weighted by molar-refractivity contribution is 0.0668. The first-order valence-corrected chi connectivity index (χ1v) is 3.99. The highest BCUT2D eigenvalue weighted by atomic mass is 16.3. The number of nitrogens with zero attached hydrogens (tertiary/aromatic N) is 1. The lowest BCUT2D eigenvalue weighted by Crippen LogP contribution is -2.28. The van der Waals surface area contributed by atoms with Gasteiger partial charge in [0.2, 0.25) is 0 Å². The zero-order valence-corrected chi connectivity index (χ0v) is 7.76. The van der Waals surface area contributed by atoms with E-state index in [1.165, 1.54) is 0 Å². The Labute approximate surface area is 68.8 Å². The Morgan fingerprint density at radius 3 is 2.18 bits per heavy atom. The number of aliphatic hydroxyl groups excluding tert-OH is 1. The van der Waals surface area contributed by atoms with Crippen LogP contribution in [0.4, 0.5) is 0 Å². The molecule has 0 amide bonds. The highest BCUT2D eigenvalue weighted by molar-refractivity contribution is 4.97. The number of hydrogen-bond acceptors (Lipinski definition) is 2. The number of rotatable bonds is 3. The van der Waals surface area contributed by atoms with Crippen LogP contribution in [-0.4, -0.2) is 11.2 Å². The van der Waals surface area contributed by atoms with Crippen molar-refractivity contribution in [2.45, 2.75) is 40.2 Å². The molecule has 0 spiro atoms. The predicted molar refractivity (Wildman–Crippen MR) is 44.9 cm³/mol. The zero-order chi connectivity index (χ0) is 9.07. The molecule has 0 saturated carbocycles. The third-order valence-corrected chi connectivity index (χ3v) is 1.82. The van der Waals surface area contributed by atoms with E-state index in [4.69, 9.17) is 5.26 Å². The molecular formula is C9H17NO. The summed E-state index contributed by atoms with van der Waals surface area (Å²) in [6.07, 6.45) is 0.188. The highest BCUT2D eigenvalue weighted by Crippen LogP contribution is 2.23. The van der Waals surface area contributed by atoms with Crippen LogP contribution in [0.2, 0.25) is 0 Å². The van der Waals surface area contributed by atoms with Crippen molar-refractivity contribution in [1.82, 2.24) is 0 Å². The molecule has 64 valence electrons. The minimum absolute atomic E-state index is 0.442. The van der Waals surface area contributed by atoms with Gasteiger partial charge in [-0.2, -0.15) is 5.26 Å². The summed E-state index contributed by atoms with van der Waals surface area (Å²) in [5.74, 6) is 0.442. The van der Waals surface area contributed by atoms with E-state index < -0.39 is 11.5 Å². The van der Waals surface area contributed by atoms with Crippen LogP contribution in [0.15, 0.2) is 0 Å². The Morgan fingerprint density at radius 1 is 1.45 bits per heavy atom. The van der Waals surface area contributed by atoms with Crippen molar-refractivity contribution >= 4 is 0 Å². The second-order valence-electron chi connectivity index (χ2n) is 3.98. The van der Waals surface area contributed by atoms with Gasteiger partial charge in [0.05, 0.1) is 17.6 Å². The molecule has 0 aliphatic rings. The van der Waals surface area contributed by atoms with E-state index in [-0.39, 0.29) is 0 Å². The van der Waals surface area contributed by atoms with Crippen molar-refractivity contribution in [3.63, 3.8) is 0 Å². The topological polar surface area (TPSA) is 44.0 Å². The van der Waals surface area contributed by atoms with E-state index in [0.717, 1.165) is 0 Å². The van der Waals surface area contributed by atoms with Crippen molar-refractivity contribution in [3.8, 4) is 6.07 Å². The SMILES string of the molecule is CC(C)CC(O)C(C)(C)C#N. The van der Waals surface area contributed by atoms with Gasteiger partial charge >= 0.3 is 0 Å². The van der Waals surface area contributed by atoms with Gasteiger partial charge in [-0.25, -0.2) is 0 Å². The average molecular weight is 155 g/mol. The predicted octanol–water partition coefficient (Wildman–Crippen LogP) is 1.94. The summed E-state index contributed by atoms with van der Waals surface area (Å²) in [5.41, 5.74) is -0.607. The molecule has 0 fully saturated rings. The molecule has 0 aliphatic heterocycles. The van der Waals surface area contributed by atoms with Crippen LogP contribution in [0.5, 0.6) is 0 Å². The largest absolute Gasteiger partial charge is 0.391 e. The van der Waals surface area contributed by atoms with E-state index >= 15 is 0 Å². The van der Waals surface area contributed by atoms with Gasteiger partial charge in [0.1, 0.15) is 0 Å². The van der Waals surface area contributed by atoms with Gasteiger partial charge < -0.3 is 5.11 Å². The van der Waals surface area contributed by atoms with E-state index in [9.17, 15) is 5.11 Å². The highest BCUT2D eigenvalue weighted by Gasteiger charge is 2.27. The van der Waals surface area contributed by atoms with Crippen molar-refractivity contribution in [2.24, 2.45) is 11.3 Å². The molecule has 1 atom stereocenters. The van der Waals surface area contributed by atoms with Gasteiger partial charge in [-0.05, 0) is 26.2 Å². The van der Waals surface area contributed by atoms with Crippen LogP contribution in [0.3, 0.4) is 0 Å². The molecular weight excluding hydrogens is 138 g/mol. The second kappa shape index (κ2) is 3.73. The molecule has 2 nitrogen and oxygen atoms in total. The van der Waals surface area contributed by atoms with Crippen LogP contribution in [-0.2, 0) is 0 Å². The van der Waals surface area contributed by atoms with Gasteiger partial charge in [-0.15, -0.1) is 0 Å². The van der Waals surface area contributed by atoms with E-state index in [1.54, 1.807) is 13.8 Å². The Morgan fingerprint density at radius 2 is 1.91 bits per heavy atom. The van der Waals surface area contributed by atoms with E-state index in [1.807, 2.05) is 13.8 Å². The first-order chi connectivity index (χ1) is 4.90. The van der Waals surface area contributed by atoms with Crippen molar-refractivity contribution < 1.29 is 5.11 Å². The fourth-order valence-corrected chi connectivity index (χ4v) is 0.816. The smallest absolute Gasteiger partial charge is 0.0776 e. The number of nitriles is 1. The molecule has 0 saturated heterocycles. The standard InChI is InChI=1S/C9H17NO/c1-7(2)5-8(11)9(3,4)6-10/h7-8,11H,5H2,1-4H3. The maximum Gasteiger partial charge on any atom is 0.0776 e. The Bertz CT molecular complexity index is 155. The Balaban J connectivity index is 4.04. The van der Waals surface area contributed by atoms with E-state index in [2.05, 4.69) is 6.07 Å². The van der Waals surface area contributed by atoms with Gasteiger partial charge in [-0.3, -0.25) is 0 Å². The van der Waals surface area contributed by atoms with Crippen LogP contribution < -0.4 is 0 Å². The van der Waals surface area contributed by atoms with Crippen LogP contribution >= 0.6 is 0 Å². The molecule has 0 radical (unpaired) electrons. The summed E-state index contributed by atoms with van der Waals surface area (Å²) in [6, 6.07) is 2.10. The van der Waals surface area contributed by atoms with Gasteiger partial charge in [0, 0.05) is 0 Å². The maximum atomic E-state index is 9.52. The summed E-state index contributed by atoms with van der Waals surface area (Å²) in [6.45, 7) is 7.60. The Hall–Kier alpha value is -0.550. The maximum absolute atomic E-state index is 9.52. The molecule has 0 aliphatic carbocycles. The fourth-order valence-electron chi connectivity index (χ4n) is 0.816. The summed E-state index contributed by atoms with van der Waals surface area (Å²) in [7, 11) is 0. The average Bonchev–Trinajstić information content (AvgIpc) is 1.86. The summed E-state index contributed by atoms with van der Waals surface area (Å²) in [4.78, 5) is 0. The molecule has 1 N–H and O–H groups in total. The number of aliphatic hydroxyl groups is 1. The fraction of sp³-hybridized carbons (Fsp3) is 0.889. The molecule has 0 aromatic heterocycles. The molecule has 0 rings (SSSR count). The zero-order valence-electron chi connectivity index (χ0n) is 7.76. The molecule has 0 heterocycles. The first kappa shape index (κ1) is 10.4. The Kier molecular flexibility index (Phi) is 3.54. The van der Waals surface area contributed by atoms with Crippen LogP contribution in [0.1, 0.15) is 34.1 Å². The molecule has 0 aromatic rings. The minimum atomic E-state index is -0.607. The molecule has 0 bridgehead atoms. The summed E-state index contributed by atoms with van der Waals surface area (Å²) in [5, 5.41) is 18.2. The summed E-state index contributed by atoms with van der Waals surface area (Å²) >= 11 is 0. The lowest BCUT2D eigenvalue weighted by Gasteiger charge is -2.24. The quantitative estimate of drug-likeness (QED) is 0.677. The first-order valence-electron chi connectivity index (χ1n) is 3.99. The van der Waals surface area contributed by atoms with Crippen molar-refractivity contribution in [1.29, 1.82) is 5.26 Å². The summed E-state index contributed by atoms with van der Waals surface area (Å²) < 4.78 is 0. The monoisotopic (exact) mass is 155 g/mol. The van der Waals surface area contributed by atoms with Gasteiger partial charge in [0.25, 0.3) is 0 Å². The van der Waals surface area contributed by atoms with E-state index in [0.29, 0.717) is 12.3 Å². The molecule has 11 heavy (non-hydrogen) atoms. The van der Waals surface area contributed by atoms with Crippen molar-refractivity contribution in [2.75, 3.05) is 0 Å². The van der Waals surface area contributed by atoms with Gasteiger partial charge in [0.15, 0.2) is 0 Å². The molecule has 2 heteroatoms. The number of hydrogen-bond donors (Lipinski definition) is 1. The normalized spacial score (nSPS) is 14.6. The third kappa shape index (κ3) is 3.38. The second-order valence-corrected chi connectivity index (χ2v) is 3.98. The third-order valence-electron chi connectivity index (χ3n) is 1.82. The van der Waals surface area contributed by atoms with Gasteiger partial charge in [-0.1, -0.05) is 13.8 Å². The van der Waals surface area contributed by atoms with Crippen molar-refractivity contribution in [3.05, 3.63) is 0 Å². The van der Waals surface area contributed by atoms with Crippen LogP contribution in [0.25, 0.3) is 0 Å². The molecule has 1 unspecified atom stereocenters. The minimum Gasteiger partial charge on any atom is -0.391 e.